The number of likely N-dealkylation sites (tertiary alicyclic amines) is 1. The van der Waals surface area contributed by atoms with E-state index < -0.39 is 11.5 Å². The molecule has 4 rings (SSSR count). The van der Waals surface area contributed by atoms with Crippen LogP contribution >= 0.6 is 11.6 Å². The van der Waals surface area contributed by atoms with Gasteiger partial charge in [-0.15, -0.1) is 0 Å². The molecule has 8 nitrogen and oxygen atoms in total. The highest BCUT2D eigenvalue weighted by Crippen LogP contribution is 2.33. The maximum Gasteiger partial charge on any atom is 0.279 e. The molecular weight excluding hydrogens is 432 g/mol. The molecule has 0 spiro atoms. The fourth-order valence-electron chi connectivity index (χ4n) is 4.34. The van der Waals surface area contributed by atoms with Crippen molar-refractivity contribution < 1.29 is 14.3 Å². The summed E-state index contributed by atoms with van der Waals surface area (Å²) in [4.78, 5) is 43.4. The van der Waals surface area contributed by atoms with E-state index in [0.717, 1.165) is 12.8 Å². The van der Waals surface area contributed by atoms with Crippen LogP contribution in [0.4, 0.5) is 0 Å². The molecule has 0 aliphatic carbocycles. The first-order chi connectivity index (χ1) is 15.3. The molecule has 1 saturated heterocycles. The summed E-state index contributed by atoms with van der Waals surface area (Å²) in [7, 11) is 1.52. The number of aromatic nitrogens is 2. The number of piperidine rings is 1. The summed E-state index contributed by atoms with van der Waals surface area (Å²) in [6.45, 7) is 5.62. The van der Waals surface area contributed by atoms with Crippen LogP contribution in [0.3, 0.4) is 0 Å². The molecule has 2 aliphatic rings. The number of carbonyl (C=O) groups excluding carboxylic acids is 2. The number of carbonyl (C=O) groups is 2. The van der Waals surface area contributed by atoms with Gasteiger partial charge in [0, 0.05) is 30.9 Å². The van der Waals surface area contributed by atoms with Crippen molar-refractivity contribution in [3.63, 3.8) is 0 Å². The van der Waals surface area contributed by atoms with E-state index in [4.69, 9.17) is 16.3 Å². The Labute approximate surface area is 191 Å². The third-order valence-corrected chi connectivity index (χ3v) is 6.39. The zero-order chi connectivity index (χ0) is 23.0. The number of benzene rings is 1. The lowest BCUT2D eigenvalue weighted by Crippen LogP contribution is -2.39. The lowest BCUT2D eigenvalue weighted by atomic mass is 9.97. The minimum atomic E-state index is -0.460. The topological polar surface area (TPSA) is 87.6 Å². The number of ether oxygens (including phenoxy) is 1. The molecule has 0 unspecified atom stereocenters. The highest BCUT2D eigenvalue weighted by Gasteiger charge is 2.43. The lowest BCUT2D eigenvalue weighted by molar-refractivity contribution is -0.138. The molecule has 1 N–H and O–H groups in total. The van der Waals surface area contributed by atoms with Gasteiger partial charge in [0.25, 0.3) is 17.4 Å². The fraction of sp³-hybridized carbons (Fsp3) is 0.435. The molecule has 1 fully saturated rings. The van der Waals surface area contributed by atoms with E-state index in [9.17, 15) is 14.4 Å². The summed E-state index contributed by atoms with van der Waals surface area (Å²) in [6, 6.07) is 6.88. The number of hydrogen-bond donors (Lipinski definition) is 1. The summed E-state index contributed by atoms with van der Waals surface area (Å²) in [5.74, 6) is -0.273. The number of halogens is 1. The quantitative estimate of drug-likeness (QED) is 0.672. The molecule has 32 heavy (non-hydrogen) atoms. The van der Waals surface area contributed by atoms with Gasteiger partial charge in [-0.05, 0) is 43.9 Å². The minimum absolute atomic E-state index is 0.136. The van der Waals surface area contributed by atoms with Gasteiger partial charge in [0.05, 0.1) is 30.0 Å². The molecule has 3 heterocycles. The number of nitrogens with one attached hydrogen (secondary N) is 1. The Morgan fingerprint density at radius 2 is 1.88 bits per heavy atom. The van der Waals surface area contributed by atoms with Gasteiger partial charge >= 0.3 is 0 Å². The van der Waals surface area contributed by atoms with Gasteiger partial charge in [-0.1, -0.05) is 24.6 Å². The molecule has 2 aliphatic heterocycles. The molecule has 0 saturated carbocycles. The second-order valence-electron chi connectivity index (χ2n) is 8.38. The van der Waals surface area contributed by atoms with Gasteiger partial charge in [0.1, 0.15) is 5.70 Å². The van der Waals surface area contributed by atoms with E-state index in [2.05, 4.69) is 12.0 Å². The van der Waals surface area contributed by atoms with Gasteiger partial charge < -0.3 is 9.64 Å². The third kappa shape index (κ3) is 3.89. The van der Waals surface area contributed by atoms with E-state index in [1.54, 1.807) is 31.2 Å². The first kappa shape index (κ1) is 22.4. The standard InChI is InChI=1S/C23H27ClN4O4/c1-14-7-9-26(10-8-14)20-19(21(29)27(23(20)31)11-12-32-3)18-15(2)25-28(22(18)30)17-6-4-5-16(24)13-17/h4-6,13-14,25H,7-12H2,1-3H3. The number of methoxy groups -OCH3 is 1. The number of aromatic amines is 1. The third-order valence-electron chi connectivity index (χ3n) is 6.15. The van der Waals surface area contributed by atoms with Crippen molar-refractivity contribution in [2.75, 3.05) is 33.4 Å². The number of rotatable bonds is 6. The van der Waals surface area contributed by atoms with Crippen molar-refractivity contribution in [2.24, 2.45) is 5.92 Å². The van der Waals surface area contributed by atoms with Crippen LogP contribution in [0.2, 0.25) is 5.02 Å². The van der Waals surface area contributed by atoms with Crippen LogP contribution in [-0.2, 0) is 14.3 Å². The maximum atomic E-state index is 13.5. The second kappa shape index (κ2) is 8.96. The van der Waals surface area contributed by atoms with Gasteiger partial charge in [0.15, 0.2) is 0 Å². The maximum absolute atomic E-state index is 13.5. The molecule has 0 atom stereocenters. The van der Waals surface area contributed by atoms with Gasteiger partial charge in [-0.25, -0.2) is 4.68 Å². The molecule has 1 aromatic heterocycles. The van der Waals surface area contributed by atoms with Crippen LogP contribution in [-0.4, -0.2) is 64.7 Å². The molecule has 170 valence electrons. The molecule has 0 bridgehead atoms. The lowest BCUT2D eigenvalue weighted by Gasteiger charge is -2.32. The number of aryl methyl sites for hydroxylation is 1. The molecule has 2 aromatic rings. The predicted molar refractivity (Wildman–Crippen MR) is 122 cm³/mol. The average molecular weight is 459 g/mol. The molecule has 1 aromatic carbocycles. The summed E-state index contributed by atoms with van der Waals surface area (Å²) in [5.41, 5.74) is 1.38. The van der Waals surface area contributed by atoms with Gasteiger partial charge in [-0.2, -0.15) is 0 Å². The Kier molecular flexibility index (Phi) is 6.26. The summed E-state index contributed by atoms with van der Waals surface area (Å²) in [5, 5.41) is 3.53. The van der Waals surface area contributed by atoms with Crippen molar-refractivity contribution in [1.82, 2.24) is 19.6 Å². The smallest absolute Gasteiger partial charge is 0.279 e. The highest BCUT2D eigenvalue weighted by molar-refractivity contribution is 6.35. The van der Waals surface area contributed by atoms with E-state index >= 15 is 0 Å². The molecule has 2 amide bonds. The van der Waals surface area contributed by atoms with Gasteiger partial charge in [-0.3, -0.25) is 24.4 Å². The van der Waals surface area contributed by atoms with Crippen LogP contribution in [0.1, 0.15) is 31.0 Å². The highest BCUT2D eigenvalue weighted by atomic mass is 35.5. The molecule has 0 radical (unpaired) electrons. The number of amides is 2. The fourth-order valence-corrected chi connectivity index (χ4v) is 4.52. The number of imide groups is 1. The van der Waals surface area contributed by atoms with E-state index in [1.807, 2.05) is 4.90 Å². The zero-order valence-electron chi connectivity index (χ0n) is 18.5. The normalized spacial score (nSPS) is 17.8. The predicted octanol–water partition coefficient (Wildman–Crippen LogP) is 2.59. The van der Waals surface area contributed by atoms with Crippen molar-refractivity contribution in [2.45, 2.75) is 26.7 Å². The van der Waals surface area contributed by atoms with Crippen LogP contribution in [0.25, 0.3) is 11.3 Å². The first-order valence-corrected chi connectivity index (χ1v) is 11.1. The van der Waals surface area contributed by atoms with Gasteiger partial charge in [0.2, 0.25) is 0 Å². The van der Waals surface area contributed by atoms with E-state index in [0.29, 0.717) is 41.1 Å². The minimum Gasteiger partial charge on any atom is -0.383 e. The van der Waals surface area contributed by atoms with Crippen molar-refractivity contribution >= 4 is 29.0 Å². The van der Waals surface area contributed by atoms with Crippen LogP contribution in [0.5, 0.6) is 0 Å². The Balaban J connectivity index is 1.85. The summed E-state index contributed by atoms with van der Waals surface area (Å²) < 4.78 is 6.45. The Hall–Kier alpha value is -2.84. The Bertz CT molecular complexity index is 1140. The second-order valence-corrected chi connectivity index (χ2v) is 8.82. The van der Waals surface area contributed by atoms with E-state index in [1.165, 1.54) is 16.7 Å². The van der Waals surface area contributed by atoms with Crippen LogP contribution < -0.4 is 5.56 Å². The molecular formula is C23H27ClN4O4. The molecule has 9 heteroatoms. The first-order valence-electron chi connectivity index (χ1n) is 10.8. The summed E-state index contributed by atoms with van der Waals surface area (Å²) >= 11 is 6.10. The monoisotopic (exact) mass is 458 g/mol. The Morgan fingerprint density at radius 3 is 2.53 bits per heavy atom. The van der Waals surface area contributed by atoms with Crippen molar-refractivity contribution in [3.8, 4) is 5.69 Å². The van der Waals surface area contributed by atoms with Crippen molar-refractivity contribution in [1.29, 1.82) is 0 Å². The Morgan fingerprint density at radius 1 is 1.16 bits per heavy atom. The van der Waals surface area contributed by atoms with Crippen LogP contribution in [0.15, 0.2) is 34.8 Å². The SMILES string of the molecule is COCCN1C(=O)C(c2c(C)[nH]n(-c3cccc(Cl)c3)c2=O)=C(N2CCC(C)CC2)C1=O. The number of nitrogens with zero attached hydrogens (tertiary/aromatic N) is 3. The number of hydrogen-bond acceptors (Lipinski definition) is 5. The van der Waals surface area contributed by atoms with Crippen molar-refractivity contribution in [3.05, 3.63) is 56.6 Å². The zero-order valence-corrected chi connectivity index (χ0v) is 19.2. The summed E-state index contributed by atoms with van der Waals surface area (Å²) in [6.07, 6.45) is 1.85. The van der Waals surface area contributed by atoms with E-state index in [-0.39, 0.29) is 30.2 Å². The number of H-pyrrole nitrogens is 1. The largest absolute Gasteiger partial charge is 0.383 e. The van der Waals surface area contributed by atoms with Crippen LogP contribution in [0, 0.1) is 12.8 Å². The average Bonchev–Trinajstić information content (AvgIpc) is 3.19.